The Kier molecular flexibility index (Phi) is 5.78. The molecule has 2 aliphatic rings. The third kappa shape index (κ3) is 3.83. The second-order valence-corrected chi connectivity index (χ2v) is 7.99. The molecule has 1 saturated carbocycles. The van der Waals surface area contributed by atoms with Gasteiger partial charge in [-0.3, -0.25) is 4.79 Å². The summed E-state index contributed by atoms with van der Waals surface area (Å²) in [6.07, 6.45) is 8.08. The third-order valence-electron chi connectivity index (χ3n) is 6.28. The summed E-state index contributed by atoms with van der Waals surface area (Å²) < 4.78 is 0. The second kappa shape index (κ2) is 8.63. The van der Waals surface area contributed by atoms with Gasteiger partial charge in [0, 0.05) is 11.8 Å². The molecule has 2 aromatic carbocycles. The molecule has 0 unspecified atom stereocenters. The maximum atomic E-state index is 12.9. The normalized spacial score (nSPS) is 24.4. The minimum Gasteiger partial charge on any atom is -0.394 e. The van der Waals surface area contributed by atoms with Crippen molar-refractivity contribution in [2.75, 3.05) is 6.61 Å². The molecule has 1 aliphatic carbocycles. The van der Waals surface area contributed by atoms with Crippen molar-refractivity contribution >= 4 is 18.1 Å². The Morgan fingerprint density at radius 2 is 1.66 bits per heavy atom. The highest BCUT2D eigenvalue weighted by Crippen LogP contribution is 2.42. The number of aliphatic hydroxyl groups is 1. The summed E-state index contributed by atoms with van der Waals surface area (Å²) in [6, 6.07) is 19.7. The van der Waals surface area contributed by atoms with Crippen molar-refractivity contribution in [3.05, 3.63) is 71.3 Å². The number of nitrogens with zero attached hydrogens (tertiary/aromatic N) is 2. The van der Waals surface area contributed by atoms with Crippen LogP contribution in [0.15, 0.2) is 54.6 Å². The molecular formula is C25H26N2O2. The molecule has 0 spiro atoms. The number of hydrogen-bond acceptors (Lipinski definition) is 3. The van der Waals surface area contributed by atoms with Crippen LogP contribution in [0.1, 0.15) is 48.3 Å². The molecule has 4 nitrogen and oxygen atoms in total. The monoisotopic (exact) mass is 386 g/mol. The van der Waals surface area contributed by atoms with Gasteiger partial charge in [0.15, 0.2) is 0 Å². The third-order valence-corrected chi connectivity index (χ3v) is 6.28. The van der Waals surface area contributed by atoms with Crippen LogP contribution in [-0.2, 0) is 4.79 Å². The molecule has 4 heteroatoms. The fraction of sp³-hybridized carbons (Fsp3) is 0.360. The first-order chi connectivity index (χ1) is 14.2. The van der Waals surface area contributed by atoms with E-state index in [1.54, 1.807) is 4.90 Å². The van der Waals surface area contributed by atoms with E-state index in [9.17, 15) is 15.2 Å². The molecular weight excluding hydrogens is 360 g/mol. The van der Waals surface area contributed by atoms with Gasteiger partial charge in [0.25, 0.3) is 0 Å². The molecule has 0 aromatic heterocycles. The first-order valence-corrected chi connectivity index (χ1v) is 10.4. The Bertz CT molecular complexity index is 908. The van der Waals surface area contributed by atoms with Crippen molar-refractivity contribution in [3.8, 4) is 6.07 Å². The van der Waals surface area contributed by atoms with Crippen LogP contribution in [0, 0.1) is 17.2 Å². The molecule has 4 rings (SSSR count). The standard InChI is InChI=1S/C25H26N2O2/c26-16-22-24(23(17-28)27(22)25(29)21-8-4-5-9-21)20-14-12-19(13-15-20)11-10-18-6-2-1-3-7-18/h1-3,6-7,10-15,21-24,28H,4-5,8-9,17H2/b11-10+/t22-,23+,24+/m0/s1. The van der Waals surface area contributed by atoms with Gasteiger partial charge in [0.1, 0.15) is 6.04 Å². The Balaban J connectivity index is 1.49. The largest absolute Gasteiger partial charge is 0.394 e. The van der Waals surface area contributed by atoms with Gasteiger partial charge in [0.2, 0.25) is 5.91 Å². The predicted octanol–water partition coefficient (Wildman–Crippen LogP) is 4.23. The van der Waals surface area contributed by atoms with Crippen LogP contribution >= 0.6 is 0 Å². The van der Waals surface area contributed by atoms with Crippen molar-refractivity contribution in [2.45, 2.75) is 43.7 Å². The molecule has 3 atom stereocenters. The Morgan fingerprint density at radius 1 is 1.03 bits per heavy atom. The Hall–Kier alpha value is -2.90. The van der Waals surface area contributed by atoms with E-state index in [0.29, 0.717) is 0 Å². The lowest BCUT2D eigenvalue weighted by Gasteiger charge is -2.52. The number of carbonyl (C=O) groups excluding carboxylic acids is 1. The van der Waals surface area contributed by atoms with Gasteiger partial charge in [-0.1, -0.05) is 79.6 Å². The smallest absolute Gasteiger partial charge is 0.227 e. The minimum atomic E-state index is -0.494. The van der Waals surface area contributed by atoms with E-state index in [1.165, 1.54) is 0 Å². The summed E-state index contributed by atoms with van der Waals surface area (Å²) >= 11 is 0. The van der Waals surface area contributed by atoms with Gasteiger partial charge in [-0.2, -0.15) is 5.26 Å². The lowest BCUT2D eigenvalue weighted by atomic mass is 9.75. The zero-order valence-electron chi connectivity index (χ0n) is 16.4. The van der Waals surface area contributed by atoms with Crippen LogP contribution in [0.2, 0.25) is 0 Å². The lowest BCUT2D eigenvalue weighted by molar-refractivity contribution is -0.151. The van der Waals surface area contributed by atoms with Gasteiger partial charge >= 0.3 is 0 Å². The van der Waals surface area contributed by atoms with Gasteiger partial charge in [-0.25, -0.2) is 0 Å². The molecule has 2 fully saturated rings. The van der Waals surface area contributed by atoms with E-state index in [4.69, 9.17) is 0 Å². The molecule has 148 valence electrons. The quantitative estimate of drug-likeness (QED) is 0.782. The number of amides is 1. The van der Waals surface area contributed by atoms with Gasteiger partial charge < -0.3 is 10.0 Å². The summed E-state index contributed by atoms with van der Waals surface area (Å²) in [5.74, 6) is -0.0689. The van der Waals surface area contributed by atoms with E-state index in [-0.39, 0.29) is 30.4 Å². The Labute approximate surface area is 172 Å². The number of aliphatic hydroxyl groups excluding tert-OH is 1. The van der Waals surface area contributed by atoms with Crippen LogP contribution < -0.4 is 0 Å². The number of carbonyl (C=O) groups is 1. The van der Waals surface area contributed by atoms with E-state index >= 15 is 0 Å². The molecule has 29 heavy (non-hydrogen) atoms. The van der Waals surface area contributed by atoms with Crippen LogP contribution in [0.4, 0.5) is 0 Å². The van der Waals surface area contributed by atoms with Crippen LogP contribution in [0.3, 0.4) is 0 Å². The van der Waals surface area contributed by atoms with Crippen molar-refractivity contribution in [2.24, 2.45) is 5.92 Å². The molecule has 1 N–H and O–H groups in total. The average molecular weight is 386 g/mol. The predicted molar refractivity (Wildman–Crippen MR) is 114 cm³/mol. The summed E-state index contributed by atoms with van der Waals surface area (Å²) in [5.41, 5.74) is 3.22. The maximum absolute atomic E-state index is 12.9. The van der Waals surface area contributed by atoms with Crippen LogP contribution in [0.5, 0.6) is 0 Å². The molecule has 1 amide bonds. The lowest BCUT2D eigenvalue weighted by Crippen LogP contribution is -2.66. The SMILES string of the molecule is N#C[C@H]1[C@@H](c2ccc(/C=C/c3ccccc3)cc2)[C@@H](CO)N1C(=O)C1CCCC1. The zero-order valence-corrected chi connectivity index (χ0v) is 16.4. The van der Waals surface area contributed by atoms with E-state index in [0.717, 1.165) is 42.4 Å². The molecule has 0 radical (unpaired) electrons. The highest BCUT2D eigenvalue weighted by atomic mass is 16.3. The Morgan fingerprint density at radius 3 is 2.24 bits per heavy atom. The second-order valence-electron chi connectivity index (χ2n) is 7.99. The molecule has 1 saturated heterocycles. The number of hydrogen-bond donors (Lipinski definition) is 1. The van der Waals surface area contributed by atoms with Crippen molar-refractivity contribution in [1.82, 2.24) is 4.90 Å². The summed E-state index contributed by atoms with van der Waals surface area (Å²) in [4.78, 5) is 14.5. The van der Waals surface area contributed by atoms with Crippen molar-refractivity contribution in [3.63, 3.8) is 0 Å². The van der Waals surface area contributed by atoms with E-state index in [2.05, 4.69) is 30.4 Å². The number of benzene rings is 2. The van der Waals surface area contributed by atoms with Crippen molar-refractivity contribution in [1.29, 1.82) is 5.26 Å². The van der Waals surface area contributed by atoms with Gasteiger partial charge in [-0.15, -0.1) is 0 Å². The molecule has 2 aromatic rings. The topological polar surface area (TPSA) is 64.3 Å². The highest BCUT2D eigenvalue weighted by Gasteiger charge is 2.52. The fourth-order valence-corrected chi connectivity index (χ4v) is 4.68. The van der Waals surface area contributed by atoms with Crippen molar-refractivity contribution < 1.29 is 9.90 Å². The van der Waals surface area contributed by atoms with Crippen LogP contribution in [-0.4, -0.2) is 34.6 Å². The number of nitriles is 1. The van der Waals surface area contributed by atoms with Gasteiger partial charge in [0.05, 0.1) is 18.7 Å². The van der Waals surface area contributed by atoms with Crippen LogP contribution in [0.25, 0.3) is 12.2 Å². The van der Waals surface area contributed by atoms with E-state index < -0.39 is 6.04 Å². The molecule has 1 heterocycles. The zero-order chi connectivity index (χ0) is 20.2. The molecule has 1 aliphatic heterocycles. The minimum absolute atomic E-state index is 0.0198. The van der Waals surface area contributed by atoms with Gasteiger partial charge in [-0.05, 0) is 29.5 Å². The maximum Gasteiger partial charge on any atom is 0.227 e. The average Bonchev–Trinajstić information content (AvgIpc) is 3.29. The fourth-order valence-electron chi connectivity index (χ4n) is 4.68. The van der Waals surface area contributed by atoms with E-state index in [1.807, 2.05) is 42.5 Å². The molecule has 0 bridgehead atoms. The first kappa shape index (κ1) is 19.4. The summed E-state index contributed by atoms with van der Waals surface area (Å²) in [6.45, 7) is -0.114. The number of rotatable bonds is 5. The summed E-state index contributed by atoms with van der Waals surface area (Å²) in [7, 11) is 0. The summed E-state index contributed by atoms with van der Waals surface area (Å²) in [5, 5.41) is 19.7. The number of likely N-dealkylation sites (tertiary alicyclic amines) is 1. The highest BCUT2D eigenvalue weighted by molar-refractivity contribution is 5.82. The first-order valence-electron chi connectivity index (χ1n) is 10.4.